The van der Waals surface area contributed by atoms with Crippen molar-refractivity contribution in [3.8, 4) is 0 Å². The number of carboxylic acid groups (broad SMARTS) is 1. The maximum atomic E-state index is 11.8. The van der Waals surface area contributed by atoms with E-state index in [9.17, 15) is 9.90 Å². The Morgan fingerprint density at radius 1 is 1.35 bits per heavy atom. The quantitative estimate of drug-likeness (QED) is 0.742. The molecule has 0 aromatic rings. The number of nitrogens with one attached hydrogen (secondary N) is 1. The number of carboxylic acids is 1. The zero-order valence-electron chi connectivity index (χ0n) is 12.0. The molecular weight excluding hydrogens is 258 g/mol. The van der Waals surface area contributed by atoms with Crippen molar-refractivity contribution in [1.82, 2.24) is 5.32 Å². The Labute approximate surface area is 120 Å². The molecule has 1 saturated heterocycles. The third-order valence-electron chi connectivity index (χ3n) is 4.95. The molecule has 20 heavy (non-hydrogen) atoms. The molecule has 3 aliphatic rings. The molecule has 3 fully saturated rings. The van der Waals surface area contributed by atoms with E-state index in [1.165, 1.54) is 0 Å². The minimum atomic E-state index is -0.698. The Morgan fingerprint density at radius 2 is 2.20 bits per heavy atom. The second-order valence-corrected chi connectivity index (χ2v) is 6.43. The number of carbonyl (C=O) groups is 1. The monoisotopic (exact) mass is 283 g/mol. The Bertz CT molecular complexity index is 352. The van der Waals surface area contributed by atoms with Crippen LogP contribution in [0.3, 0.4) is 0 Å². The van der Waals surface area contributed by atoms with Gasteiger partial charge >= 0.3 is 5.97 Å². The third kappa shape index (κ3) is 3.00. The molecule has 0 bridgehead atoms. The number of aliphatic carboxylic acids is 1. The maximum Gasteiger partial charge on any atom is 0.324 e. The summed E-state index contributed by atoms with van der Waals surface area (Å²) in [7, 11) is 0. The molecule has 5 nitrogen and oxygen atoms in total. The number of ether oxygens (including phenoxy) is 2. The minimum Gasteiger partial charge on any atom is -0.480 e. The normalized spacial score (nSPS) is 37.4. The Morgan fingerprint density at radius 3 is 2.85 bits per heavy atom. The van der Waals surface area contributed by atoms with Crippen LogP contribution in [0.4, 0.5) is 0 Å². The van der Waals surface area contributed by atoms with Crippen LogP contribution in [0, 0.1) is 5.92 Å². The van der Waals surface area contributed by atoms with E-state index in [4.69, 9.17) is 9.47 Å². The average molecular weight is 283 g/mol. The largest absolute Gasteiger partial charge is 0.480 e. The van der Waals surface area contributed by atoms with Crippen molar-refractivity contribution in [2.75, 3.05) is 19.8 Å². The van der Waals surface area contributed by atoms with Crippen molar-refractivity contribution in [2.24, 2.45) is 5.92 Å². The van der Waals surface area contributed by atoms with Gasteiger partial charge in [-0.2, -0.15) is 0 Å². The van der Waals surface area contributed by atoms with Crippen LogP contribution in [0.25, 0.3) is 0 Å². The fraction of sp³-hybridized carbons (Fsp3) is 0.933. The van der Waals surface area contributed by atoms with Gasteiger partial charge in [-0.15, -0.1) is 0 Å². The molecule has 3 rings (SSSR count). The summed E-state index contributed by atoms with van der Waals surface area (Å²) < 4.78 is 11.1. The SMILES string of the molecule is O=C(O)C1(NC2CC2)CCCC1CCOC1CCOC1. The molecule has 2 aliphatic carbocycles. The first-order chi connectivity index (χ1) is 9.71. The van der Waals surface area contributed by atoms with Crippen molar-refractivity contribution < 1.29 is 19.4 Å². The summed E-state index contributed by atoms with van der Waals surface area (Å²) in [6.45, 7) is 2.13. The third-order valence-corrected chi connectivity index (χ3v) is 4.95. The summed E-state index contributed by atoms with van der Waals surface area (Å²) in [4.78, 5) is 11.8. The Kier molecular flexibility index (Phi) is 4.29. The molecule has 1 aliphatic heterocycles. The Hall–Kier alpha value is -0.650. The first kappa shape index (κ1) is 14.3. The standard InChI is InChI=1S/C15H25NO4/c17-14(18)15(16-12-3-4-12)7-1-2-11(15)5-9-20-13-6-8-19-10-13/h11-13,16H,1-10H2,(H,17,18). The van der Waals surface area contributed by atoms with Crippen LogP contribution >= 0.6 is 0 Å². The molecule has 0 aromatic heterocycles. The van der Waals surface area contributed by atoms with E-state index in [2.05, 4.69) is 5.32 Å². The zero-order valence-corrected chi connectivity index (χ0v) is 12.0. The topological polar surface area (TPSA) is 67.8 Å². The summed E-state index contributed by atoms with van der Waals surface area (Å²) in [5.41, 5.74) is -0.698. The van der Waals surface area contributed by atoms with Gasteiger partial charge in [-0.3, -0.25) is 10.1 Å². The van der Waals surface area contributed by atoms with E-state index in [1.54, 1.807) is 0 Å². The predicted octanol–water partition coefficient (Wildman–Crippen LogP) is 1.56. The number of rotatable bonds is 7. The fourth-order valence-corrected chi connectivity index (χ4v) is 3.62. The Balaban J connectivity index is 1.53. The highest BCUT2D eigenvalue weighted by Gasteiger charge is 2.51. The first-order valence-electron chi connectivity index (χ1n) is 7.91. The predicted molar refractivity (Wildman–Crippen MR) is 73.7 cm³/mol. The van der Waals surface area contributed by atoms with Crippen LogP contribution in [0.1, 0.15) is 44.9 Å². The van der Waals surface area contributed by atoms with Crippen molar-refractivity contribution in [1.29, 1.82) is 0 Å². The van der Waals surface area contributed by atoms with E-state index in [0.717, 1.165) is 51.6 Å². The van der Waals surface area contributed by atoms with Gasteiger partial charge in [0, 0.05) is 19.3 Å². The van der Waals surface area contributed by atoms with Gasteiger partial charge in [-0.05, 0) is 44.4 Å². The van der Waals surface area contributed by atoms with Crippen LogP contribution in [-0.2, 0) is 14.3 Å². The summed E-state index contributed by atoms with van der Waals surface area (Å²) in [6.07, 6.45) is 7.02. The van der Waals surface area contributed by atoms with Crippen molar-refractivity contribution in [3.05, 3.63) is 0 Å². The first-order valence-corrected chi connectivity index (χ1v) is 7.91. The molecule has 0 amide bonds. The second kappa shape index (κ2) is 6.00. The lowest BCUT2D eigenvalue weighted by atomic mass is 9.84. The zero-order chi connectivity index (χ0) is 14.0. The summed E-state index contributed by atoms with van der Waals surface area (Å²) >= 11 is 0. The molecule has 0 radical (unpaired) electrons. The van der Waals surface area contributed by atoms with E-state index in [-0.39, 0.29) is 12.0 Å². The summed E-state index contributed by atoms with van der Waals surface area (Å²) in [5.74, 6) is -0.473. The fourth-order valence-electron chi connectivity index (χ4n) is 3.62. The minimum absolute atomic E-state index is 0.197. The maximum absolute atomic E-state index is 11.8. The molecule has 0 spiro atoms. The van der Waals surface area contributed by atoms with Gasteiger partial charge in [0.15, 0.2) is 0 Å². The summed E-state index contributed by atoms with van der Waals surface area (Å²) in [6, 6.07) is 0.427. The van der Waals surface area contributed by atoms with Crippen molar-refractivity contribution in [3.63, 3.8) is 0 Å². The molecule has 0 aromatic carbocycles. The highest BCUT2D eigenvalue weighted by Crippen LogP contribution is 2.40. The van der Waals surface area contributed by atoms with E-state index < -0.39 is 11.5 Å². The smallest absolute Gasteiger partial charge is 0.324 e. The molecule has 2 saturated carbocycles. The van der Waals surface area contributed by atoms with Crippen LogP contribution in [0.5, 0.6) is 0 Å². The van der Waals surface area contributed by atoms with E-state index in [0.29, 0.717) is 19.3 Å². The highest BCUT2D eigenvalue weighted by atomic mass is 16.5. The molecular formula is C15H25NO4. The van der Waals surface area contributed by atoms with E-state index in [1.807, 2.05) is 0 Å². The van der Waals surface area contributed by atoms with Crippen molar-refractivity contribution >= 4 is 5.97 Å². The van der Waals surface area contributed by atoms with Crippen LogP contribution < -0.4 is 5.32 Å². The second-order valence-electron chi connectivity index (χ2n) is 6.43. The van der Waals surface area contributed by atoms with Gasteiger partial charge in [0.25, 0.3) is 0 Å². The molecule has 3 atom stereocenters. The van der Waals surface area contributed by atoms with Gasteiger partial charge in [0.2, 0.25) is 0 Å². The highest BCUT2D eigenvalue weighted by molar-refractivity contribution is 5.80. The summed E-state index contributed by atoms with van der Waals surface area (Å²) in [5, 5.41) is 13.1. The average Bonchev–Trinajstić information content (AvgIpc) is 2.91. The lowest BCUT2D eigenvalue weighted by Crippen LogP contribution is -2.55. The molecule has 114 valence electrons. The van der Waals surface area contributed by atoms with Gasteiger partial charge in [0.05, 0.1) is 12.7 Å². The van der Waals surface area contributed by atoms with Crippen LogP contribution in [0.15, 0.2) is 0 Å². The van der Waals surface area contributed by atoms with E-state index >= 15 is 0 Å². The molecule has 2 N–H and O–H groups in total. The molecule has 3 unspecified atom stereocenters. The van der Waals surface area contributed by atoms with Gasteiger partial charge in [0.1, 0.15) is 5.54 Å². The molecule has 5 heteroatoms. The lowest BCUT2D eigenvalue weighted by molar-refractivity contribution is -0.147. The van der Waals surface area contributed by atoms with Crippen LogP contribution in [0.2, 0.25) is 0 Å². The van der Waals surface area contributed by atoms with Gasteiger partial charge in [-0.1, -0.05) is 6.42 Å². The molecule has 1 heterocycles. The number of hydrogen-bond donors (Lipinski definition) is 2. The van der Waals surface area contributed by atoms with Crippen LogP contribution in [-0.4, -0.2) is 48.6 Å². The lowest BCUT2D eigenvalue weighted by Gasteiger charge is -2.33. The number of hydrogen-bond acceptors (Lipinski definition) is 4. The van der Waals surface area contributed by atoms with Gasteiger partial charge < -0.3 is 14.6 Å². The van der Waals surface area contributed by atoms with Gasteiger partial charge in [-0.25, -0.2) is 0 Å². The van der Waals surface area contributed by atoms with Crippen molar-refractivity contribution in [2.45, 2.75) is 62.6 Å².